The molecule has 5 nitrogen and oxygen atoms in total. The number of benzene rings is 3. The van der Waals surface area contributed by atoms with Gasteiger partial charge < -0.3 is 15.5 Å². The van der Waals surface area contributed by atoms with Crippen LogP contribution < -0.4 is 15.5 Å². The van der Waals surface area contributed by atoms with Crippen LogP contribution in [0, 0.1) is 19.3 Å². The van der Waals surface area contributed by atoms with Crippen LogP contribution in [-0.2, 0) is 12.7 Å². The smallest absolute Gasteiger partial charge is 0.369 e. The number of terminal acetylenes is 1. The number of carbonyl (C=O) groups excluding carboxylic acids is 1. The number of hydrogen-bond donors (Lipinski definition) is 2. The zero-order valence-corrected chi connectivity index (χ0v) is 21.3. The Bertz CT molecular complexity index is 1280. The number of halogens is 3. The van der Waals surface area contributed by atoms with Crippen LogP contribution in [0.2, 0.25) is 0 Å². The topological polar surface area (TPSA) is 47.6 Å². The molecule has 0 aliphatic carbocycles. The fraction of sp³-hybridized carbons (Fsp3) is 0.300. The summed E-state index contributed by atoms with van der Waals surface area (Å²) in [6, 6.07) is 20.0. The first-order valence-electron chi connectivity index (χ1n) is 12.6. The molecule has 4 rings (SSSR count). The Labute approximate surface area is 221 Å². The van der Waals surface area contributed by atoms with Crippen molar-refractivity contribution >= 4 is 17.3 Å². The normalized spacial score (nSPS) is 14.2. The van der Waals surface area contributed by atoms with Crippen molar-refractivity contribution in [3.8, 4) is 12.3 Å². The third-order valence-electron chi connectivity index (χ3n) is 6.82. The van der Waals surface area contributed by atoms with Crippen LogP contribution in [0.1, 0.15) is 32.6 Å². The predicted octanol–water partition coefficient (Wildman–Crippen LogP) is 5.16. The van der Waals surface area contributed by atoms with Gasteiger partial charge in [0.05, 0.1) is 5.56 Å². The number of para-hydroxylation sites is 1. The molecule has 8 heteroatoms. The average Bonchev–Trinajstić information content (AvgIpc) is 2.93. The summed E-state index contributed by atoms with van der Waals surface area (Å²) in [4.78, 5) is 17.2. The van der Waals surface area contributed by atoms with E-state index in [1.54, 1.807) is 30.3 Å². The van der Waals surface area contributed by atoms with Crippen LogP contribution in [0.5, 0.6) is 0 Å². The van der Waals surface area contributed by atoms with Gasteiger partial charge in [-0.3, -0.25) is 9.69 Å². The number of piperazine rings is 1. The Morgan fingerprint density at radius 1 is 1.00 bits per heavy atom. The van der Waals surface area contributed by atoms with E-state index < -0.39 is 17.6 Å². The van der Waals surface area contributed by atoms with Crippen molar-refractivity contribution in [2.24, 2.45) is 0 Å². The molecule has 3 aromatic rings. The number of nitrogens with one attached hydrogen (secondary N) is 2. The van der Waals surface area contributed by atoms with Crippen molar-refractivity contribution in [1.29, 1.82) is 0 Å². The summed E-state index contributed by atoms with van der Waals surface area (Å²) in [6.07, 6.45) is 1.00. The fourth-order valence-corrected chi connectivity index (χ4v) is 4.76. The molecule has 1 aliphatic rings. The zero-order valence-electron chi connectivity index (χ0n) is 21.3. The second-order valence-electron chi connectivity index (χ2n) is 9.25. The van der Waals surface area contributed by atoms with E-state index in [1.165, 1.54) is 18.7 Å². The molecule has 1 amide bonds. The molecule has 1 saturated heterocycles. The molecule has 0 atom stereocenters. The van der Waals surface area contributed by atoms with E-state index in [0.29, 0.717) is 12.1 Å². The number of anilines is 2. The molecule has 0 bridgehead atoms. The van der Waals surface area contributed by atoms with Gasteiger partial charge in [-0.1, -0.05) is 42.3 Å². The Morgan fingerprint density at radius 2 is 1.63 bits per heavy atom. The minimum Gasteiger partial charge on any atom is -0.369 e. The summed E-state index contributed by atoms with van der Waals surface area (Å²) in [5.41, 5.74) is 0.858. The summed E-state index contributed by atoms with van der Waals surface area (Å²) < 4.78 is 42.7. The highest BCUT2D eigenvalue weighted by Crippen LogP contribution is 2.39. The van der Waals surface area contributed by atoms with Crippen molar-refractivity contribution in [3.63, 3.8) is 0 Å². The van der Waals surface area contributed by atoms with Crippen LogP contribution in [0.25, 0.3) is 0 Å². The third-order valence-corrected chi connectivity index (χ3v) is 6.82. The molecule has 0 unspecified atom stereocenters. The lowest BCUT2D eigenvalue weighted by Crippen LogP contribution is -2.48. The lowest BCUT2D eigenvalue weighted by atomic mass is 9.94. The van der Waals surface area contributed by atoms with Gasteiger partial charge in [-0.2, -0.15) is 13.2 Å². The van der Waals surface area contributed by atoms with Crippen LogP contribution in [0.3, 0.4) is 0 Å². The molecule has 38 heavy (non-hydrogen) atoms. The van der Waals surface area contributed by atoms with Crippen molar-refractivity contribution in [1.82, 2.24) is 10.2 Å². The van der Waals surface area contributed by atoms with E-state index in [9.17, 15) is 18.0 Å². The lowest BCUT2D eigenvalue weighted by molar-refractivity contribution is -0.138. The van der Waals surface area contributed by atoms with Crippen molar-refractivity contribution in [3.05, 3.63) is 94.5 Å². The van der Waals surface area contributed by atoms with Crippen LogP contribution in [-0.4, -0.2) is 50.1 Å². The van der Waals surface area contributed by atoms with Gasteiger partial charge in [0.25, 0.3) is 5.91 Å². The number of rotatable bonds is 8. The third kappa shape index (κ3) is 6.55. The summed E-state index contributed by atoms with van der Waals surface area (Å²) in [5.74, 6) is 1.89. The molecule has 0 spiro atoms. The number of hydrogen-bond acceptors (Lipinski definition) is 4. The van der Waals surface area contributed by atoms with Crippen molar-refractivity contribution in [2.75, 3.05) is 49.5 Å². The minimum atomic E-state index is -4.63. The largest absolute Gasteiger partial charge is 0.417 e. The highest BCUT2D eigenvalue weighted by Gasteiger charge is 2.37. The fourth-order valence-electron chi connectivity index (χ4n) is 4.76. The monoisotopic (exact) mass is 520 g/mol. The van der Waals surface area contributed by atoms with Crippen LogP contribution >= 0.6 is 0 Å². The Hall–Kier alpha value is -3.80. The van der Waals surface area contributed by atoms with Gasteiger partial charge >= 0.3 is 6.18 Å². The van der Waals surface area contributed by atoms with E-state index in [0.717, 1.165) is 32.7 Å². The van der Waals surface area contributed by atoms with Crippen molar-refractivity contribution < 1.29 is 18.0 Å². The van der Waals surface area contributed by atoms with E-state index in [2.05, 4.69) is 38.5 Å². The molecule has 0 radical (unpaired) electrons. The lowest BCUT2D eigenvalue weighted by Gasteiger charge is -2.36. The van der Waals surface area contributed by atoms with Gasteiger partial charge in [0.15, 0.2) is 0 Å². The maximum atomic E-state index is 14.2. The average molecular weight is 521 g/mol. The van der Waals surface area contributed by atoms with Crippen LogP contribution in [0.15, 0.2) is 66.7 Å². The molecule has 198 valence electrons. The number of carbonyl (C=O) groups is 1. The Balaban J connectivity index is 1.41. The molecule has 1 fully saturated rings. The molecular weight excluding hydrogens is 489 g/mol. The van der Waals surface area contributed by atoms with Crippen LogP contribution in [0.4, 0.5) is 24.5 Å². The highest BCUT2D eigenvalue weighted by molar-refractivity contribution is 6.04. The van der Waals surface area contributed by atoms with E-state index in [4.69, 9.17) is 6.42 Å². The first kappa shape index (κ1) is 27.2. The summed E-state index contributed by atoms with van der Waals surface area (Å²) in [5, 5.41) is 5.76. The predicted molar refractivity (Wildman–Crippen MR) is 145 cm³/mol. The van der Waals surface area contributed by atoms with E-state index >= 15 is 0 Å². The number of amides is 1. The minimum absolute atomic E-state index is 0.0177. The number of nitrogens with zero attached hydrogens (tertiary/aromatic N) is 2. The Kier molecular flexibility index (Phi) is 8.72. The summed E-state index contributed by atoms with van der Waals surface area (Å²) in [6.45, 7) is 6.16. The molecule has 3 aromatic carbocycles. The van der Waals surface area contributed by atoms with Gasteiger partial charge in [-0.25, -0.2) is 0 Å². The summed E-state index contributed by atoms with van der Waals surface area (Å²) >= 11 is 0. The van der Waals surface area contributed by atoms with Gasteiger partial charge in [0.2, 0.25) is 0 Å². The maximum absolute atomic E-state index is 14.2. The van der Waals surface area contributed by atoms with Gasteiger partial charge in [-0.15, -0.1) is 6.42 Å². The molecule has 0 saturated carbocycles. The highest BCUT2D eigenvalue weighted by atomic mass is 19.4. The zero-order chi connectivity index (χ0) is 27.1. The SMILES string of the molecule is C#Cc1cc(NC(=O)c2ccccc2)c(C)c(C(F)(F)F)c1CNCCN1CCN(c2ccccc2)CC1. The van der Waals surface area contributed by atoms with Gasteiger partial charge in [0.1, 0.15) is 0 Å². The first-order chi connectivity index (χ1) is 18.3. The molecular formula is C30H31F3N4O. The number of alkyl halides is 3. The Morgan fingerprint density at radius 3 is 2.24 bits per heavy atom. The van der Waals surface area contributed by atoms with Gasteiger partial charge in [0, 0.05) is 68.3 Å². The molecule has 0 aromatic heterocycles. The van der Waals surface area contributed by atoms with E-state index in [1.807, 2.05) is 18.2 Å². The second kappa shape index (κ2) is 12.2. The first-order valence-corrected chi connectivity index (χ1v) is 12.6. The molecule has 1 aliphatic heterocycles. The maximum Gasteiger partial charge on any atom is 0.417 e. The standard InChI is InChI=1S/C30H31F3N4O/c1-3-23-20-27(35-29(38)24-10-6-4-7-11-24)22(2)28(30(31,32)33)26(23)21-34-14-15-36-16-18-37(19-17-36)25-12-8-5-9-13-25/h1,4-13,20,34H,14-19,21H2,2H3,(H,35,38). The molecule has 2 N–H and O–H groups in total. The summed E-state index contributed by atoms with van der Waals surface area (Å²) in [7, 11) is 0. The molecule has 1 heterocycles. The van der Waals surface area contributed by atoms with Gasteiger partial charge in [-0.05, 0) is 48.4 Å². The van der Waals surface area contributed by atoms with Crippen molar-refractivity contribution in [2.45, 2.75) is 19.6 Å². The van der Waals surface area contributed by atoms with E-state index in [-0.39, 0.29) is 28.9 Å². The quantitative estimate of drug-likeness (QED) is 0.318. The second-order valence-corrected chi connectivity index (χ2v) is 9.25.